The van der Waals surface area contributed by atoms with E-state index in [1.807, 2.05) is 0 Å². The fourth-order valence-corrected chi connectivity index (χ4v) is 3.34. The number of benzene rings is 1. The first-order valence-corrected chi connectivity index (χ1v) is 8.37. The molecule has 1 aliphatic rings. The van der Waals surface area contributed by atoms with Gasteiger partial charge in [-0.15, -0.1) is 0 Å². The number of hydrogen-bond acceptors (Lipinski definition) is 3. The Hall–Kier alpha value is -2.41. The zero-order chi connectivity index (χ0) is 17.8. The molecule has 2 aromatic rings. The van der Waals surface area contributed by atoms with E-state index in [1.54, 1.807) is 12.3 Å². The highest BCUT2D eigenvalue weighted by Crippen LogP contribution is 2.24. The van der Waals surface area contributed by atoms with Crippen LogP contribution < -0.4 is 5.32 Å². The van der Waals surface area contributed by atoms with Crippen molar-refractivity contribution in [3.05, 3.63) is 35.8 Å². The number of H-pyrrole nitrogens is 1. The van der Waals surface area contributed by atoms with Crippen LogP contribution in [-0.2, 0) is 20.7 Å². The Balaban J connectivity index is 1.60. The number of carboxylic acid groups (broad SMARTS) is 1. The predicted molar refractivity (Wildman–Crippen MR) is 89.6 cm³/mol. The van der Waals surface area contributed by atoms with Gasteiger partial charge in [-0.25, -0.2) is 4.39 Å². The number of rotatable bonds is 6. The molecule has 3 N–H and O–H groups in total. The molecule has 1 aliphatic heterocycles. The summed E-state index contributed by atoms with van der Waals surface area (Å²) in [4.78, 5) is 26.7. The van der Waals surface area contributed by atoms with E-state index in [1.165, 1.54) is 12.1 Å². The van der Waals surface area contributed by atoms with Gasteiger partial charge in [-0.3, -0.25) is 9.59 Å². The van der Waals surface area contributed by atoms with Crippen molar-refractivity contribution in [2.45, 2.75) is 19.3 Å². The minimum absolute atomic E-state index is 0.0163. The van der Waals surface area contributed by atoms with Crippen molar-refractivity contribution in [3.8, 4) is 0 Å². The summed E-state index contributed by atoms with van der Waals surface area (Å²) in [6.45, 7) is 1.23. The number of carbonyl (C=O) groups is 2. The second kappa shape index (κ2) is 7.65. The van der Waals surface area contributed by atoms with Gasteiger partial charge in [0.05, 0.1) is 12.3 Å². The molecule has 1 unspecified atom stereocenters. The van der Waals surface area contributed by atoms with E-state index in [2.05, 4.69) is 10.3 Å². The number of amides is 1. The van der Waals surface area contributed by atoms with E-state index in [4.69, 9.17) is 4.74 Å². The molecule has 1 saturated heterocycles. The van der Waals surface area contributed by atoms with E-state index in [0.717, 1.165) is 10.9 Å². The molecular formula is C18H21FN2O4. The molecule has 6 nitrogen and oxygen atoms in total. The molecule has 1 aromatic carbocycles. The number of halogens is 1. The summed E-state index contributed by atoms with van der Waals surface area (Å²) in [5, 5.41) is 12.9. The highest BCUT2D eigenvalue weighted by Gasteiger charge is 2.30. The van der Waals surface area contributed by atoms with Crippen LogP contribution in [0.15, 0.2) is 24.4 Å². The summed E-state index contributed by atoms with van der Waals surface area (Å²) in [6, 6.07) is 4.36. The van der Waals surface area contributed by atoms with E-state index in [-0.39, 0.29) is 30.6 Å². The lowest BCUT2D eigenvalue weighted by Crippen LogP contribution is -2.39. The van der Waals surface area contributed by atoms with Gasteiger partial charge in [-0.2, -0.15) is 0 Å². The molecule has 1 aromatic heterocycles. The number of carboxylic acids is 1. The largest absolute Gasteiger partial charge is 0.481 e. The third-order valence-electron chi connectivity index (χ3n) is 4.75. The number of aliphatic carboxylic acids is 1. The van der Waals surface area contributed by atoms with Crippen molar-refractivity contribution >= 4 is 22.8 Å². The van der Waals surface area contributed by atoms with Gasteiger partial charge in [0.2, 0.25) is 5.91 Å². The number of carbonyl (C=O) groups excluding carboxylic acids is 1. The van der Waals surface area contributed by atoms with Crippen LogP contribution in [0.5, 0.6) is 0 Å². The van der Waals surface area contributed by atoms with Crippen LogP contribution in [0.25, 0.3) is 10.9 Å². The van der Waals surface area contributed by atoms with Gasteiger partial charge >= 0.3 is 5.97 Å². The second-order valence-electron chi connectivity index (χ2n) is 6.38. The minimum Gasteiger partial charge on any atom is -0.481 e. The normalized spacial score (nSPS) is 16.7. The third-order valence-corrected chi connectivity index (χ3v) is 4.75. The van der Waals surface area contributed by atoms with Crippen LogP contribution in [0.1, 0.15) is 18.4 Å². The Kier molecular flexibility index (Phi) is 5.33. The lowest BCUT2D eigenvalue weighted by atomic mass is 9.86. The minimum atomic E-state index is -0.894. The zero-order valence-corrected chi connectivity index (χ0v) is 13.8. The number of ether oxygens (including phenoxy) is 1. The van der Waals surface area contributed by atoms with Crippen molar-refractivity contribution < 1.29 is 23.8 Å². The number of nitrogens with one attached hydrogen (secondary N) is 2. The number of fused-ring (bicyclic) bond motifs is 1. The maximum Gasteiger partial charge on any atom is 0.308 e. The Labute approximate surface area is 144 Å². The highest BCUT2D eigenvalue weighted by molar-refractivity contribution is 5.89. The number of hydrogen-bond donors (Lipinski definition) is 3. The summed E-state index contributed by atoms with van der Waals surface area (Å²) >= 11 is 0. The SMILES string of the molecule is O=C(Cc1c[nH]c2cc(F)ccc12)NCC(C(=O)O)C1CCOCC1. The standard InChI is InChI=1S/C18H21FN2O4/c19-13-1-2-14-12(9-20-16(14)8-13)7-17(22)21-10-15(18(23)24)11-3-5-25-6-4-11/h1-2,8-9,11,15,20H,3-7,10H2,(H,21,22)(H,23,24). The molecule has 0 saturated carbocycles. The lowest BCUT2D eigenvalue weighted by molar-refractivity contribution is -0.144. The first-order chi connectivity index (χ1) is 12.0. The van der Waals surface area contributed by atoms with Gasteiger partial charge in [0.15, 0.2) is 0 Å². The summed E-state index contributed by atoms with van der Waals surface area (Å²) in [5.41, 5.74) is 1.39. The van der Waals surface area contributed by atoms with Gasteiger partial charge in [0.1, 0.15) is 5.82 Å². The molecule has 2 heterocycles. The highest BCUT2D eigenvalue weighted by atomic mass is 19.1. The Morgan fingerprint density at radius 2 is 2.12 bits per heavy atom. The van der Waals surface area contributed by atoms with Crippen LogP contribution in [0, 0.1) is 17.7 Å². The van der Waals surface area contributed by atoms with Gasteiger partial charge < -0.3 is 20.1 Å². The molecule has 134 valence electrons. The van der Waals surface area contributed by atoms with Crippen LogP contribution in [0.4, 0.5) is 4.39 Å². The van der Waals surface area contributed by atoms with E-state index in [9.17, 15) is 19.1 Å². The van der Waals surface area contributed by atoms with Crippen molar-refractivity contribution in [2.24, 2.45) is 11.8 Å². The maximum atomic E-state index is 13.2. The van der Waals surface area contributed by atoms with E-state index < -0.39 is 11.9 Å². The van der Waals surface area contributed by atoms with Gasteiger partial charge in [0, 0.05) is 36.9 Å². The smallest absolute Gasteiger partial charge is 0.308 e. The molecule has 0 aliphatic carbocycles. The molecule has 1 amide bonds. The fourth-order valence-electron chi connectivity index (χ4n) is 3.34. The molecule has 1 fully saturated rings. The monoisotopic (exact) mass is 348 g/mol. The topological polar surface area (TPSA) is 91.4 Å². The van der Waals surface area contributed by atoms with Crippen LogP contribution >= 0.6 is 0 Å². The molecule has 3 rings (SSSR count). The van der Waals surface area contributed by atoms with Crippen LogP contribution in [0.3, 0.4) is 0 Å². The molecule has 25 heavy (non-hydrogen) atoms. The third kappa shape index (κ3) is 4.17. The van der Waals surface area contributed by atoms with Gasteiger partial charge in [-0.1, -0.05) is 0 Å². The van der Waals surface area contributed by atoms with E-state index >= 15 is 0 Å². The molecule has 0 radical (unpaired) electrons. The zero-order valence-electron chi connectivity index (χ0n) is 13.8. The number of aromatic amines is 1. The Morgan fingerprint density at radius 3 is 2.84 bits per heavy atom. The Bertz CT molecular complexity index is 768. The van der Waals surface area contributed by atoms with Gasteiger partial charge in [0.25, 0.3) is 0 Å². The van der Waals surface area contributed by atoms with Crippen molar-refractivity contribution in [3.63, 3.8) is 0 Å². The van der Waals surface area contributed by atoms with Crippen molar-refractivity contribution in [2.75, 3.05) is 19.8 Å². The molecule has 0 bridgehead atoms. The average Bonchev–Trinajstić information content (AvgIpc) is 2.97. The van der Waals surface area contributed by atoms with Crippen LogP contribution in [-0.4, -0.2) is 41.7 Å². The quantitative estimate of drug-likeness (QED) is 0.745. The van der Waals surface area contributed by atoms with Crippen molar-refractivity contribution in [1.29, 1.82) is 0 Å². The first kappa shape index (κ1) is 17.4. The molecular weight excluding hydrogens is 327 g/mol. The first-order valence-electron chi connectivity index (χ1n) is 8.37. The fraction of sp³-hybridized carbons (Fsp3) is 0.444. The van der Waals surface area contributed by atoms with Gasteiger partial charge in [-0.05, 0) is 42.5 Å². The summed E-state index contributed by atoms with van der Waals surface area (Å²) < 4.78 is 18.5. The summed E-state index contributed by atoms with van der Waals surface area (Å²) in [7, 11) is 0. The second-order valence-corrected chi connectivity index (χ2v) is 6.38. The predicted octanol–water partition coefficient (Wildman–Crippen LogP) is 2.09. The molecule has 1 atom stereocenters. The summed E-state index contributed by atoms with van der Waals surface area (Å²) in [6.07, 6.45) is 3.18. The van der Waals surface area contributed by atoms with E-state index in [0.29, 0.717) is 31.6 Å². The maximum absolute atomic E-state index is 13.2. The van der Waals surface area contributed by atoms with Crippen molar-refractivity contribution in [1.82, 2.24) is 10.3 Å². The van der Waals surface area contributed by atoms with Crippen LogP contribution in [0.2, 0.25) is 0 Å². The molecule has 0 spiro atoms. The average molecular weight is 348 g/mol. The lowest BCUT2D eigenvalue weighted by Gasteiger charge is -2.27. The summed E-state index contributed by atoms with van der Waals surface area (Å²) in [5.74, 6) is -2.07. The number of aromatic nitrogens is 1. The molecule has 7 heteroatoms. The Morgan fingerprint density at radius 1 is 1.36 bits per heavy atom.